The number of nitrogens with zero attached hydrogens (tertiary/aromatic N) is 1. The normalized spacial score (nSPS) is 14.9. The van der Waals surface area contributed by atoms with E-state index in [0.717, 1.165) is 5.56 Å². The number of pyridine rings is 1. The minimum absolute atomic E-state index is 0.0106. The Morgan fingerprint density at radius 3 is 2.86 bits per heavy atom. The van der Waals surface area contributed by atoms with Crippen molar-refractivity contribution in [1.82, 2.24) is 4.98 Å². The summed E-state index contributed by atoms with van der Waals surface area (Å²) in [5, 5.41) is 9.26. The van der Waals surface area contributed by atoms with Crippen molar-refractivity contribution in [1.29, 1.82) is 0 Å². The van der Waals surface area contributed by atoms with Crippen LogP contribution in [-0.2, 0) is 5.41 Å². The van der Waals surface area contributed by atoms with Crippen molar-refractivity contribution < 1.29 is 9.84 Å². The second kappa shape index (κ2) is 4.39. The zero-order chi connectivity index (χ0) is 10.6. The molecule has 0 aromatic carbocycles. The van der Waals surface area contributed by atoms with Crippen molar-refractivity contribution in [3.63, 3.8) is 0 Å². The summed E-state index contributed by atoms with van der Waals surface area (Å²) in [6, 6.07) is 3.63. The van der Waals surface area contributed by atoms with E-state index in [1.165, 1.54) is 0 Å². The van der Waals surface area contributed by atoms with E-state index in [1.807, 2.05) is 13.0 Å². The summed E-state index contributed by atoms with van der Waals surface area (Å²) in [5.41, 5.74) is 6.14. The number of rotatable bonds is 4. The lowest BCUT2D eigenvalue weighted by atomic mass is 9.84. The second-order valence-electron chi connectivity index (χ2n) is 3.51. The number of aromatic nitrogens is 1. The number of aliphatic hydroxyl groups is 1. The van der Waals surface area contributed by atoms with Gasteiger partial charge in [0.1, 0.15) is 0 Å². The molecule has 0 fully saturated rings. The van der Waals surface area contributed by atoms with Gasteiger partial charge >= 0.3 is 0 Å². The fourth-order valence-electron chi connectivity index (χ4n) is 1.17. The Kier molecular flexibility index (Phi) is 3.43. The quantitative estimate of drug-likeness (QED) is 0.726. The number of hydrogen-bond donors (Lipinski definition) is 2. The SMILES string of the molecule is COc1cc(C(C)(CN)CO)ccn1. The maximum Gasteiger partial charge on any atom is 0.213 e. The molecule has 0 aliphatic heterocycles. The van der Waals surface area contributed by atoms with Gasteiger partial charge in [-0.1, -0.05) is 6.92 Å². The first kappa shape index (κ1) is 10.9. The molecule has 0 aliphatic rings. The highest BCUT2D eigenvalue weighted by molar-refractivity contribution is 5.28. The van der Waals surface area contributed by atoms with Gasteiger partial charge in [-0.05, 0) is 11.6 Å². The van der Waals surface area contributed by atoms with E-state index in [9.17, 15) is 5.11 Å². The third-order valence-corrected chi connectivity index (χ3v) is 2.44. The zero-order valence-corrected chi connectivity index (χ0v) is 8.53. The fourth-order valence-corrected chi connectivity index (χ4v) is 1.17. The lowest BCUT2D eigenvalue weighted by Gasteiger charge is -2.25. The van der Waals surface area contributed by atoms with Gasteiger partial charge in [-0.15, -0.1) is 0 Å². The predicted molar refractivity (Wildman–Crippen MR) is 54.3 cm³/mol. The van der Waals surface area contributed by atoms with Gasteiger partial charge in [0.2, 0.25) is 5.88 Å². The van der Waals surface area contributed by atoms with Crippen molar-refractivity contribution in [2.24, 2.45) is 5.73 Å². The van der Waals surface area contributed by atoms with Crippen LogP contribution in [0.15, 0.2) is 18.3 Å². The van der Waals surface area contributed by atoms with E-state index in [2.05, 4.69) is 4.98 Å². The lowest BCUT2D eigenvalue weighted by Crippen LogP contribution is -2.35. The average Bonchev–Trinajstić information content (AvgIpc) is 2.28. The molecule has 0 radical (unpaired) electrons. The molecule has 0 aliphatic carbocycles. The molecule has 4 nitrogen and oxygen atoms in total. The minimum atomic E-state index is -0.420. The molecule has 14 heavy (non-hydrogen) atoms. The molecule has 1 atom stereocenters. The van der Waals surface area contributed by atoms with Gasteiger partial charge in [-0.25, -0.2) is 4.98 Å². The average molecular weight is 196 g/mol. The molecule has 78 valence electrons. The van der Waals surface area contributed by atoms with Crippen LogP contribution in [-0.4, -0.2) is 30.4 Å². The first-order valence-corrected chi connectivity index (χ1v) is 4.48. The third kappa shape index (κ3) is 2.02. The number of methoxy groups -OCH3 is 1. The Morgan fingerprint density at radius 2 is 2.36 bits per heavy atom. The third-order valence-electron chi connectivity index (χ3n) is 2.44. The summed E-state index contributed by atoms with van der Waals surface area (Å²) in [7, 11) is 1.56. The van der Waals surface area contributed by atoms with Gasteiger partial charge in [0.25, 0.3) is 0 Å². The molecule has 1 heterocycles. The van der Waals surface area contributed by atoms with Crippen LogP contribution < -0.4 is 10.5 Å². The monoisotopic (exact) mass is 196 g/mol. The number of aliphatic hydroxyl groups excluding tert-OH is 1. The van der Waals surface area contributed by atoms with Crippen LogP contribution in [0.5, 0.6) is 5.88 Å². The Hall–Kier alpha value is -1.13. The molecule has 0 saturated carbocycles. The smallest absolute Gasteiger partial charge is 0.213 e. The molecule has 1 rings (SSSR count). The Bertz CT molecular complexity index is 298. The summed E-state index contributed by atoms with van der Waals surface area (Å²) in [4.78, 5) is 4.00. The van der Waals surface area contributed by atoms with E-state index in [1.54, 1.807) is 19.4 Å². The second-order valence-corrected chi connectivity index (χ2v) is 3.51. The summed E-state index contributed by atoms with van der Waals surface area (Å²) in [6.45, 7) is 2.30. The summed E-state index contributed by atoms with van der Waals surface area (Å²) >= 11 is 0. The summed E-state index contributed by atoms with van der Waals surface area (Å²) < 4.78 is 5.01. The van der Waals surface area contributed by atoms with Gasteiger partial charge in [0, 0.05) is 24.2 Å². The summed E-state index contributed by atoms with van der Waals surface area (Å²) in [6.07, 6.45) is 1.65. The van der Waals surface area contributed by atoms with Crippen LogP contribution in [0.25, 0.3) is 0 Å². The molecule has 1 aromatic heterocycles. The topological polar surface area (TPSA) is 68.4 Å². The molecule has 4 heteroatoms. The van der Waals surface area contributed by atoms with Gasteiger partial charge < -0.3 is 15.6 Å². The van der Waals surface area contributed by atoms with E-state index < -0.39 is 5.41 Å². The van der Waals surface area contributed by atoms with Gasteiger partial charge in [0.05, 0.1) is 13.7 Å². The van der Waals surface area contributed by atoms with Crippen LogP contribution in [0, 0.1) is 0 Å². The number of nitrogens with two attached hydrogens (primary N) is 1. The molecular formula is C10H16N2O2. The molecule has 0 amide bonds. The Balaban J connectivity index is 3.04. The van der Waals surface area contributed by atoms with Crippen molar-refractivity contribution in [2.75, 3.05) is 20.3 Å². The first-order chi connectivity index (χ1) is 6.66. The Morgan fingerprint density at radius 1 is 1.64 bits per heavy atom. The molecule has 0 bridgehead atoms. The largest absolute Gasteiger partial charge is 0.481 e. The molecule has 3 N–H and O–H groups in total. The van der Waals surface area contributed by atoms with Gasteiger partial charge in [-0.3, -0.25) is 0 Å². The van der Waals surface area contributed by atoms with Crippen molar-refractivity contribution in [3.8, 4) is 5.88 Å². The molecule has 0 spiro atoms. The predicted octanol–water partition coefficient (Wildman–Crippen LogP) is 0.299. The zero-order valence-electron chi connectivity index (χ0n) is 8.53. The van der Waals surface area contributed by atoms with Crippen molar-refractivity contribution in [3.05, 3.63) is 23.9 Å². The maximum atomic E-state index is 9.26. The molecule has 1 aromatic rings. The highest BCUT2D eigenvalue weighted by atomic mass is 16.5. The lowest BCUT2D eigenvalue weighted by molar-refractivity contribution is 0.210. The van der Waals surface area contributed by atoms with Crippen LogP contribution in [0.4, 0.5) is 0 Å². The van der Waals surface area contributed by atoms with Crippen LogP contribution >= 0.6 is 0 Å². The van der Waals surface area contributed by atoms with Gasteiger partial charge in [-0.2, -0.15) is 0 Å². The summed E-state index contributed by atoms with van der Waals surface area (Å²) in [5.74, 6) is 0.538. The molecule has 0 saturated heterocycles. The van der Waals surface area contributed by atoms with E-state index in [0.29, 0.717) is 12.4 Å². The minimum Gasteiger partial charge on any atom is -0.481 e. The number of hydrogen-bond acceptors (Lipinski definition) is 4. The van der Waals surface area contributed by atoms with Crippen LogP contribution in [0.3, 0.4) is 0 Å². The molecular weight excluding hydrogens is 180 g/mol. The fraction of sp³-hybridized carbons (Fsp3) is 0.500. The highest BCUT2D eigenvalue weighted by Crippen LogP contribution is 2.23. The van der Waals surface area contributed by atoms with E-state index >= 15 is 0 Å². The highest BCUT2D eigenvalue weighted by Gasteiger charge is 2.24. The maximum absolute atomic E-state index is 9.26. The van der Waals surface area contributed by atoms with E-state index in [-0.39, 0.29) is 6.61 Å². The van der Waals surface area contributed by atoms with Crippen LogP contribution in [0.2, 0.25) is 0 Å². The molecule has 1 unspecified atom stereocenters. The number of ether oxygens (including phenoxy) is 1. The van der Waals surface area contributed by atoms with Gasteiger partial charge in [0.15, 0.2) is 0 Å². The standard InChI is InChI=1S/C10H16N2O2/c1-10(6-11,7-13)8-3-4-12-9(5-8)14-2/h3-5,13H,6-7,11H2,1-2H3. The van der Waals surface area contributed by atoms with Crippen LogP contribution in [0.1, 0.15) is 12.5 Å². The Labute approximate surface area is 83.7 Å². The van der Waals surface area contributed by atoms with E-state index in [4.69, 9.17) is 10.5 Å². The van der Waals surface area contributed by atoms with Crippen molar-refractivity contribution >= 4 is 0 Å². The first-order valence-electron chi connectivity index (χ1n) is 4.48. The van der Waals surface area contributed by atoms with Crippen molar-refractivity contribution in [2.45, 2.75) is 12.3 Å².